The number of aromatic nitrogens is 1. The highest BCUT2D eigenvalue weighted by Gasteiger charge is 1.99. The van der Waals surface area contributed by atoms with E-state index < -0.39 is 0 Å². The second kappa shape index (κ2) is 6.68. The van der Waals surface area contributed by atoms with Gasteiger partial charge in [-0.2, -0.15) is 0 Å². The third-order valence-corrected chi connectivity index (χ3v) is 2.78. The molecule has 0 fully saturated rings. The van der Waals surface area contributed by atoms with E-state index in [-0.39, 0.29) is 0 Å². The smallest absolute Gasteiger partial charge is 0.119 e. The molecule has 0 bridgehead atoms. The monoisotopic (exact) mass is 212 g/mol. The van der Waals surface area contributed by atoms with E-state index in [1.165, 1.54) is 0 Å². The van der Waals surface area contributed by atoms with Gasteiger partial charge in [0.2, 0.25) is 0 Å². The van der Waals surface area contributed by atoms with Gasteiger partial charge in [0.1, 0.15) is 5.03 Å². The predicted octanol–water partition coefficient (Wildman–Crippen LogP) is 2.18. The van der Waals surface area contributed by atoms with E-state index in [9.17, 15) is 0 Å². The van der Waals surface area contributed by atoms with Gasteiger partial charge in [-0.05, 0) is 25.5 Å². The third kappa shape index (κ3) is 3.98. The van der Waals surface area contributed by atoms with E-state index in [0.717, 1.165) is 36.1 Å². The molecule has 0 unspecified atom stereocenters. The van der Waals surface area contributed by atoms with Gasteiger partial charge < -0.3 is 10.5 Å². The van der Waals surface area contributed by atoms with Crippen molar-refractivity contribution in [1.82, 2.24) is 4.98 Å². The average molecular weight is 212 g/mol. The van der Waals surface area contributed by atoms with Crippen molar-refractivity contribution in [2.75, 3.05) is 24.7 Å². The van der Waals surface area contributed by atoms with Crippen molar-refractivity contribution in [1.29, 1.82) is 0 Å². The van der Waals surface area contributed by atoms with E-state index >= 15 is 0 Å². The second-order valence-electron chi connectivity index (χ2n) is 2.80. The minimum absolute atomic E-state index is 0.758. The molecule has 1 aromatic heterocycles. The molecular weight excluding hydrogens is 196 g/mol. The largest absolute Gasteiger partial charge is 0.397 e. The number of thioether (sulfide) groups is 1. The molecule has 1 aromatic rings. The number of nitrogens with zero attached hydrogens (tertiary/aromatic N) is 1. The molecule has 0 saturated heterocycles. The summed E-state index contributed by atoms with van der Waals surface area (Å²) in [4.78, 5) is 4.19. The van der Waals surface area contributed by atoms with Gasteiger partial charge in [-0.25, -0.2) is 4.98 Å². The summed E-state index contributed by atoms with van der Waals surface area (Å²) < 4.78 is 5.24. The molecule has 0 aliphatic heterocycles. The van der Waals surface area contributed by atoms with Gasteiger partial charge in [0.15, 0.2) is 0 Å². The number of rotatable bonds is 6. The number of anilines is 1. The Morgan fingerprint density at radius 2 is 2.43 bits per heavy atom. The first-order valence-electron chi connectivity index (χ1n) is 4.75. The molecule has 1 heterocycles. The lowest BCUT2D eigenvalue weighted by atomic mass is 10.4. The molecule has 0 atom stereocenters. The first-order valence-corrected chi connectivity index (χ1v) is 5.74. The van der Waals surface area contributed by atoms with Crippen LogP contribution in [-0.4, -0.2) is 24.0 Å². The van der Waals surface area contributed by atoms with Crippen LogP contribution in [-0.2, 0) is 4.74 Å². The molecule has 14 heavy (non-hydrogen) atoms. The van der Waals surface area contributed by atoms with Crippen LogP contribution in [0.3, 0.4) is 0 Å². The molecule has 1 rings (SSSR count). The van der Waals surface area contributed by atoms with Crippen molar-refractivity contribution in [2.45, 2.75) is 18.4 Å². The summed E-state index contributed by atoms with van der Waals surface area (Å²) in [5.41, 5.74) is 6.51. The summed E-state index contributed by atoms with van der Waals surface area (Å²) in [6.45, 7) is 3.61. The highest BCUT2D eigenvalue weighted by molar-refractivity contribution is 7.99. The quantitative estimate of drug-likeness (QED) is 0.580. The molecule has 4 heteroatoms. The Labute approximate surface area is 89.1 Å². The molecule has 0 aliphatic rings. The number of pyridine rings is 1. The van der Waals surface area contributed by atoms with Gasteiger partial charge in [-0.3, -0.25) is 0 Å². The predicted molar refractivity (Wildman–Crippen MR) is 60.5 cm³/mol. The average Bonchev–Trinajstić information content (AvgIpc) is 2.20. The lowest BCUT2D eigenvalue weighted by Crippen LogP contribution is -1.96. The van der Waals surface area contributed by atoms with Crippen LogP contribution in [0.2, 0.25) is 0 Å². The SMILES string of the molecule is CCOCCCSc1ncccc1N. The highest BCUT2D eigenvalue weighted by Crippen LogP contribution is 2.21. The van der Waals surface area contributed by atoms with Gasteiger partial charge in [0.05, 0.1) is 5.69 Å². The molecule has 78 valence electrons. The lowest BCUT2D eigenvalue weighted by Gasteiger charge is -2.03. The summed E-state index contributed by atoms with van der Waals surface area (Å²) in [6.07, 6.45) is 2.80. The summed E-state index contributed by atoms with van der Waals surface area (Å²) >= 11 is 1.68. The molecule has 0 aromatic carbocycles. The minimum atomic E-state index is 0.758. The number of nitrogen functional groups attached to an aromatic ring is 1. The fourth-order valence-corrected chi connectivity index (χ4v) is 1.82. The first-order chi connectivity index (χ1) is 6.84. The van der Waals surface area contributed by atoms with E-state index in [1.54, 1.807) is 18.0 Å². The minimum Gasteiger partial charge on any atom is -0.397 e. The molecule has 0 spiro atoms. The van der Waals surface area contributed by atoms with Crippen LogP contribution in [0.25, 0.3) is 0 Å². The number of hydrogen-bond acceptors (Lipinski definition) is 4. The van der Waals surface area contributed by atoms with Crippen LogP contribution < -0.4 is 5.73 Å². The molecule has 0 aliphatic carbocycles. The molecule has 0 saturated carbocycles. The zero-order valence-corrected chi connectivity index (χ0v) is 9.22. The van der Waals surface area contributed by atoms with Crippen molar-refractivity contribution in [2.24, 2.45) is 0 Å². The first kappa shape index (κ1) is 11.3. The summed E-state index contributed by atoms with van der Waals surface area (Å²) in [5, 5.41) is 0.920. The molecule has 0 radical (unpaired) electrons. The normalized spacial score (nSPS) is 10.4. The maximum Gasteiger partial charge on any atom is 0.119 e. The van der Waals surface area contributed by atoms with Gasteiger partial charge in [-0.1, -0.05) is 0 Å². The van der Waals surface area contributed by atoms with Crippen LogP contribution in [0.1, 0.15) is 13.3 Å². The standard InChI is InChI=1S/C10H16N2OS/c1-2-13-7-4-8-14-10-9(11)5-3-6-12-10/h3,5-6H,2,4,7-8,11H2,1H3. The van der Waals surface area contributed by atoms with Crippen molar-refractivity contribution >= 4 is 17.4 Å². The Morgan fingerprint density at radius 1 is 1.57 bits per heavy atom. The van der Waals surface area contributed by atoms with Crippen molar-refractivity contribution in [3.05, 3.63) is 18.3 Å². The van der Waals surface area contributed by atoms with Crippen LogP contribution in [0, 0.1) is 0 Å². The highest BCUT2D eigenvalue weighted by atomic mass is 32.2. The number of nitrogens with two attached hydrogens (primary N) is 1. The second-order valence-corrected chi connectivity index (χ2v) is 3.88. The van der Waals surface area contributed by atoms with Crippen LogP contribution in [0.4, 0.5) is 5.69 Å². The van der Waals surface area contributed by atoms with Crippen LogP contribution in [0.15, 0.2) is 23.4 Å². The summed E-state index contributed by atoms with van der Waals surface area (Å²) in [5.74, 6) is 1.00. The van der Waals surface area contributed by atoms with Crippen molar-refractivity contribution in [3.8, 4) is 0 Å². The Bertz CT molecular complexity index is 268. The number of hydrogen-bond donors (Lipinski definition) is 1. The van der Waals surface area contributed by atoms with Gasteiger partial charge in [0.25, 0.3) is 0 Å². The van der Waals surface area contributed by atoms with Gasteiger partial charge in [0, 0.05) is 25.2 Å². The third-order valence-electron chi connectivity index (χ3n) is 1.68. The maximum absolute atomic E-state index is 5.75. The van der Waals surface area contributed by atoms with E-state index in [2.05, 4.69) is 4.98 Å². The van der Waals surface area contributed by atoms with Crippen molar-refractivity contribution < 1.29 is 4.74 Å². The lowest BCUT2D eigenvalue weighted by molar-refractivity contribution is 0.149. The maximum atomic E-state index is 5.75. The van der Waals surface area contributed by atoms with Crippen LogP contribution >= 0.6 is 11.8 Å². The van der Waals surface area contributed by atoms with E-state index in [1.807, 2.05) is 19.1 Å². The molecule has 3 nitrogen and oxygen atoms in total. The summed E-state index contributed by atoms with van der Waals surface area (Å²) in [7, 11) is 0. The Balaban J connectivity index is 2.21. The fourth-order valence-electron chi connectivity index (χ4n) is 0.998. The van der Waals surface area contributed by atoms with E-state index in [0.29, 0.717) is 0 Å². The zero-order chi connectivity index (χ0) is 10.2. The Kier molecular flexibility index (Phi) is 5.40. The summed E-state index contributed by atoms with van der Waals surface area (Å²) in [6, 6.07) is 3.72. The van der Waals surface area contributed by atoms with Crippen molar-refractivity contribution in [3.63, 3.8) is 0 Å². The number of ether oxygens (including phenoxy) is 1. The zero-order valence-electron chi connectivity index (χ0n) is 8.40. The molecule has 2 N–H and O–H groups in total. The van der Waals surface area contributed by atoms with Gasteiger partial charge in [-0.15, -0.1) is 11.8 Å². The topological polar surface area (TPSA) is 48.1 Å². The molecular formula is C10H16N2OS. The Hall–Kier alpha value is -0.740. The fraction of sp³-hybridized carbons (Fsp3) is 0.500. The van der Waals surface area contributed by atoms with E-state index in [4.69, 9.17) is 10.5 Å². The molecule has 0 amide bonds. The Morgan fingerprint density at radius 3 is 3.14 bits per heavy atom. The van der Waals surface area contributed by atoms with Crippen LogP contribution in [0.5, 0.6) is 0 Å². The van der Waals surface area contributed by atoms with Gasteiger partial charge >= 0.3 is 0 Å².